The van der Waals surface area contributed by atoms with E-state index in [1.165, 1.54) is 25.7 Å². The van der Waals surface area contributed by atoms with Crippen LogP contribution in [0.4, 0.5) is 0 Å². The molecule has 0 aromatic carbocycles. The van der Waals surface area contributed by atoms with Gasteiger partial charge < -0.3 is 10.2 Å². The van der Waals surface area contributed by atoms with Crippen LogP contribution in [0.1, 0.15) is 25.7 Å². The molecule has 2 rings (SSSR count). The molecule has 1 N–H and O–H groups in total. The SMILES string of the molecule is CN1C2CCC1CC(NC(=S)S)C2. The van der Waals surface area contributed by atoms with E-state index in [0.717, 1.165) is 12.1 Å². The summed E-state index contributed by atoms with van der Waals surface area (Å²) < 4.78 is 0.647. The summed E-state index contributed by atoms with van der Waals surface area (Å²) in [4.78, 5) is 2.53. The Labute approximate surface area is 90.5 Å². The molecule has 0 aromatic rings. The van der Waals surface area contributed by atoms with E-state index in [0.29, 0.717) is 10.4 Å². The van der Waals surface area contributed by atoms with Gasteiger partial charge in [0.15, 0.2) is 0 Å². The fourth-order valence-electron chi connectivity index (χ4n) is 2.70. The molecule has 2 saturated heterocycles. The smallest absolute Gasteiger partial charge is 0.130 e. The fourth-order valence-corrected chi connectivity index (χ4v) is 3.05. The molecule has 0 radical (unpaired) electrons. The second kappa shape index (κ2) is 3.75. The van der Waals surface area contributed by atoms with Crippen molar-refractivity contribution < 1.29 is 0 Å². The second-order valence-electron chi connectivity index (χ2n) is 4.17. The van der Waals surface area contributed by atoms with E-state index in [1.807, 2.05) is 0 Å². The molecule has 2 fully saturated rings. The highest BCUT2D eigenvalue weighted by molar-refractivity contribution is 8.11. The van der Waals surface area contributed by atoms with Gasteiger partial charge >= 0.3 is 0 Å². The summed E-state index contributed by atoms with van der Waals surface area (Å²) in [5.41, 5.74) is 0. The first-order chi connectivity index (χ1) is 6.16. The summed E-state index contributed by atoms with van der Waals surface area (Å²) in [5, 5.41) is 3.27. The Morgan fingerprint density at radius 3 is 2.38 bits per heavy atom. The lowest BCUT2D eigenvalue weighted by Crippen LogP contribution is -2.47. The van der Waals surface area contributed by atoms with Gasteiger partial charge in [-0.2, -0.15) is 0 Å². The summed E-state index contributed by atoms with van der Waals surface area (Å²) >= 11 is 9.06. The zero-order chi connectivity index (χ0) is 9.42. The Morgan fingerprint density at radius 2 is 1.92 bits per heavy atom. The molecule has 2 aliphatic rings. The summed E-state index contributed by atoms with van der Waals surface area (Å²) in [6, 6.07) is 2.12. The van der Waals surface area contributed by atoms with Gasteiger partial charge in [0.1, 0.15) is 4.32 Å². The lowest BCUT2D eigenvalue weighted by Gasteiger charge is -2.36. The van der Waals surface area contributed by atoms with Crippen LogP contribution in [0.3, 0.4) is 0 Å². The molecule has 0 amide bonds. The zero-order valence-electron chi connectivity index (χ0n) is 7.86. The molecular weight excluding hydrogens is 200 g/mol. The molecule has 13 heavy (non-hydrogen) atoms. The van der Waals surface area contributed by atoms with Gasteiger partial charge in [0.2, 0.25) is 0 Å². The minimum Gasteiger partial charge on any atom is -0.368 e. The lowest BCUT2D eigenvalue weighted by atomic mass is 9.98. The number of fused-ring (bicyclic) bond motifs is 2. The van der Waals surface area contributed by atoms with Crippen molar-refractivity contribution in [2.24, 2.45) is 0 Å². The fraction of sp³-hybridized carbons (Fsp3) is 0.889. The molecule has 2 heterocycles. The molecule has 0 aliphatic carbocycles. The van der Waals surface area contributed by atoms with Gasteiger partial charge in [-0.1, -0.05) is 12.2 Å². The molecule has 2 atom stereocenters. The molecule has 0 saturated carbocycles. The first-order valence-corrected chi connectivity index (χ1v) is 5.73. The zero-order valence-corrected chi connectivity index (χ0v) is 9.57. The van der Waals surface area contributed by atoms with Crippen molar-refractivity contribution in [2.45, 2.75) is 43.8 Å². The Hall–Kier alpha value is 0.200. The number of rotatable bonds is 1. The predicted molar refractivity (Wildman–Crippen MR) is 62.3 cm³/mol. The van der Waals surface area contributed by atoms with E-state index in [2.05, 4.69) is 29.9 Å². The third kappa shape index (κ3) is 2.00. The molecule has 0 aromatic heterocycles. The van der Waals surface area contributed by atoms with Crippen LogP contribution in [0, 0.1) is 0 Å². The van der Waals surface area contributed by atoms with Gasteiger partial charge in [0.05, 0.1) is 0 Å². The lowest BCUT2D eigenvalue weighted by molar-refractivity contribution is 0.157. The van der Waals surface area contributed by atoms with E-state index in [1.54, 1.807) is 0 Å². The van der Waals surface area contributed by atoms with E-state index in [9.17, 15) is 0 Å². The third-order valence-corrected chi connectivity index (χ3v) is 3.67. The van der Waals surface area contributed by atoms with Crippen molar-refractivity contribution in [1.29, 1.82) is 0 Å². The molecule has 2 bridgehead atoms. The summed E-state index contributed by atoms with van der Waals surface area (Å²) in [6.07, 6.45) is 5.18. The number of hydrogen-bond acceptors (Lipinski definition) is 2. The van der Waals surface area contributed by atoms with Crippen LogP contribution in [0.15, 0.2) is 0 Å². The van der Waals surface area contributed by atoms with Crippen LogP contribution in [0.5, 0.6) is 0 Å². The van der Waals surface area contributed by atoms with Gasteiger partial charge in [-0.15, -0.1) is 12.6 Å². The number of thiol groups is 1. The largest absolute Gasteiger partial charge is 0.368 e. The van der Waals surface area contributed by atoms with Crippen molar-refractivity contribution in [3.05, 3.63) is 0 Å². The van der Waals surface area contributed by atoms with Crippen molar-refractivity contribution in [2.75, 3.05) is 7.05 Å². The Morgan fingerprint density at radius 1 is 1.38 bits per heavy atom. The highest BCUT2D eigenvalue weighted by Crippen LogP contribution is 2.34. The van der Waals surface area contributed by atoms with Gasteiger partial charge in [-0.3, -0.25) is 0 Å². The highest BCUT2D eigenvalue weighted by atomic mass is 32.1. The van der Waals surface area contributed by atoms with Crippen molar-refractivity contribution >= 4 is 29.2 Å². The summed E-state index contributed by atoms with van der Waals surface area (Å²) in [5.74, 6) is 0. The first kappa shape index (κ1) is 9.74. The van der Waals surface area contributed by atoms with Crippen LogP contribution in [0.25, 0.3) is 0 Å². The Balaban J connectivity index is 1.95. The molecular formula is C9H16N2S2. The van der Waals surface area contributed by atoms with Crippen molar-refractivity contribution in [1.82, 2.24) is 10.2 Å². The normalized spacial score (nSPS) is 39.1. The minimum absolute atomic E-state index is 0.568. The van der Waals surface area contributed by atoms with Crippen LogP contribution < -0.4 is 5.32 Å². The molecule has 2 nitrogen and oxygen atoms in total. The number of nitrogens with one attached hydrogen (secondary N) is 1. The van der Waals surface area contributed by atoms with Crippen molar-refractivity contribution in [3.8, 4) is 0 Å². The molecule has 2 unspecified atom stereocenters. The number of thiocarbonyl (C=S) groups is 1. The maximum Gasteiger partial charge on any atom is 0.130 e. The molecule has 4 heteroatoms. The number of piperidine rings is 1. The Kier molecular flexibility index (Phi) is 2.81. The van der Waals surface area contributed by atoms with Crippen LogP contribution in [-0.4, -0.2) is 34.4 Å². The number of hydrogen-bond donors (Lipinski definition) is 2. The van der Waals surface area contributed by atoms with Crippen LogP contribution in [0.2, 0.25) is 0 Å². The van der Waals surface area contributed by atoms with E-state index in [4.69, 9.17) is 12.2 Å². The van der Waals surface area contributed by atoms with Crippen LogP contribution >= 0.6 is 24.8 Å². The van der Waals surface area contributed by atoms with Gasteiger partial charge in [0.25, 0.3) is 0 Å². The standard InChI is InChI=1S/C9H16N2S2/c1-11-7-2-3-8(11)5-6(4-7)10-9(12)13/h6-8H,2-5H2,1H3,(H2,10,12,13). The summed E-state index contributed by atoms with van der Waals surface area (Å²) in [7, 11) is 2.25. The number of nitrogens with zero attached hydrogens (tertiary/aromatic N) is 1. The van der Waals surface area contributed by atoms with Gasteiger partial charge in [0, 0.05) is 18.1 Å². The quantitative estimate of drug-likeness (QED) is 0.509. The average molecular weight is 216 g/mol. The third-order valence-electron chi connectivity index (χ3n) is 3.43. The topological polar surface area (TPSA) is 15.3 Å². The first-order valence-electron chi connectivity index (χ1n) is 4.88. The van der Waals surface area contributed by atoms with E-state index >= 15 is 0 Å². The van der Waals surface area contributed by atoms with Crippen molar-refractivity contribution in [3.63, 3.8) is 0 Å². The molecule has 2 aliphatic heterocycles. The Bertz CT molecular complexity index is 206. The van der Waals surface area contributed by atoms with Crippen LogP contribution in [-0.2, 0) is 0 Å². The maximum atomic E-state index is 4.94. The molecule has 0 spiro atoms. The van der Waals surface area contributed by atoms with Gasteiger partial charge in [-0.05, 0) is 32.7 Å². The minimum atomic E-state index is 0.568. The molecule has 74 valence electrons. The average Bonchev–Trinajstić information content (AvgIpc) is 2.33. The maximum absolute atomic E-state index is 4.94. The van der Waals surface area contributed by atoms with E-state index in [-0.39, 0.29) is 0 Å². The predicted octanol–water partition coefficient (Wildman–Crippen LogP) is 1.42. The highest BCUT2D eigenvalue weighted by Gasteiger charge is 2.38. The second-order valence-corrected chi connectivity index (χ2v) is 5.33. The summed E-state index contributed by atoms with van der Waals surface area (Å²) in [6.45, 7) is 0. The van der Waals surface area contributed by atoms with Gasteiger partial charge in [-0.25, -0.2) is 0 Å². The van der Waals surface area contributed by atoms with E-state index < -0.39 is 0 Å². The monoisotopic (exact) mass is 216 g/mol.